The number of aromatic nitrogens is 2. The number of amides is 1. The first-order valence-corrected chi connectivity index (χ1v) is 9.75. The van der Waals surface area contributed by atoms with E-state index in [-0.39, 0.29) is 29.6 Å². The van der Waals surface area contributed by atoms with Crippen LogP contribution in [0.3, 0.4) is 0 Å². The summed E-state index contributed by atoms with van der Waals surface area (Å²) < 4.78 is 45.2. The van der Waals surface area contributed by atoms with Gasteiger partial charge in [-0.25, -0.2) is 4.68 Å². The molecule has 0 unspecified atom stereocenters. The van der Waals surface area contributed by atoms with Crippen LogP contribution in [0.1, 0.15) is 23.0 Å². The maximum Gasteiger partial charge on any atom is 0.406 e. The number of esters is 1. The Morgan fingerprint density at radius 3 is 2.28 bits per heavy atom. The summed E-state index contributed by atoms with van der Waals surface area (Å²) >= 11 is 0. The Kier molecular flexibility index (Phi) is 6.92. The van der Waals surface area contributed by atoms with E-state index in [2.05, 4.69) is 5.10 Å². The Morgan fingerprint density at radius 1 is 1.03 bits per heavy atom. The monoisotopic (exact) mass is 447 g/mol. The van der Waals surface area contributed by atoms with Crippen LogP contribution in [0.4, 0.5) is 13.2 Å². The summed E-state index contributed by atoms with van der Waals surface area (Å²) in [6.07, 6.45) is -4.75. The van der Waals surface area contributed by atoms with Crippen molar-refractivity contribution < 1.29 is 27.5 Å². The van der Waals surface area contributed by atoms with Gasteiger partial charge in [0.2, 0.25) is 0 Å². The van der Waals surface area contributed by atoms with E-state index >= 15 is 0 Å². The number of carbonyl (C=O) groups is 2. The average molecular weight is 447 g/mol. The number of benzene rings is 2. The molecular formula is C22H20F3N3O4. The van der Waals surface area contributed by atoms with Gasteiger partial charge in [0.05, 0.1) is 18.5 Å². The lowest BCUT2D eigenvalue weighted by Crippen LogP contribution is -2.43. The van der Waals surface area contributed by atoms with Gasteiger partial charge in [-0.05, 0) is 18.6 Å². The molecule has 2 aromatic carbocycles. The molecule has 0 radical (unpaired) electrons. The number of nitrogens with zero attached hydrogens (tertiary/aromatic N) is 3. The fourth-order valence-electron chi connectivity index (χ4n) is 3.18. The van der Waals surface area contributed by atoms with E-state index in [9.17, 15) is 27.6 Å². The van der Waals surface area contributed by atoms with Crippen molar-refractivity contribution in [3.8, 4) is 0 Å². The Balaban J connectivity index is 2.09. The van der Waals surface area contributed by atoms with Crippen LogP contribution in [-0.2, 0) is 16.1 Å². The normalized spacial score (nSPS) is 11.4. The minimum Gasteiger partial charge on any atom is -0.465 e. The first kappa shape index (κ1) is 23.0. The number of hydrogen-bond donors (Lipinski definition) is 0. The number of halogens is 3. The van der Waals surface area contributed by atoms with Crippen molar-refractivity contribution in [2.75, 3.05) is 19.7 Å². The molecule has 0 aliphatic heterocycles. The molecule has 0 spiro atoms. The number of rotatable bonds is 7. The number of alkyl halides is 3. The van der Waals surface area contributed by atoms with E-state index in [1.807, 2.05) is 0 Å². The lowest BCUT2D eigenvalue weighted by atomic mass is 10.1. The predicted molar refractivity (Wildman–Crippen MR) is 110 cm³/mol. The van der Waals surface area contributed by atoms with Gasteiger partial charge >= 0.3 is 12.1 Å². The number of fused-ring (bicyclic) bond motifs is 1. The van der Waals surface area contributed by atoms with E-state index in [0.717, 1.165) is 10.2 Å². The molecule has 1 aromatic heterocycles. The third kappa shape index (κ3) is 5.51. The van der Waals surface area contributed by atoms with E-state index in [1.165, 1.54) is 19.1 Å². The van der Waals surface area contributed by atoms with Gasteiger partial charge in [-0.15, -0.1) is 0 Å². The van der Waals surface area contributed by atoms with Gasteiger partial charge in [-0.2, -0.15) is 18.3 Å². The number of carbonyl (C=O) groups excluding carboxylic acids is 2. The molecule has 0 aliphatic carbocycles. The van der Waals surface area contributed by atoms with Crippen LogP contribution >= 0.6 is 0 Å². The molecule has 1 heterocycles. The first-order valence-electron chi connectivity index (χ1n) is 9.75. The predicted octanol–water partition coefficient (Wildman–Crippen LogP) is 3.01. The van der Waals surface area contributed by atoms with Crippen molar-refractivity contribution >= 4 is 22.6 Å². The highest BCUT2D eigenvalue weighted by atomic mass is 19.4. The molecular weight excluding hydrogens is 427 g/mol. The lowest BCUT2D eigenvalue weighted by molar-refractivity contribution is -0.153. The molecule has 168 valence electrons. The first-order chi connectivity index (χ1) is 15.2. The molecule has 3 rings (SSSR count). The molecule has 0 fully saturated rings. The SMILES string of the molecule is CCOC(=O)CN(CC(F)(F)F)C(=O)c1nn(Cc2ccccc2)c(=O)c2ccccc12. The Hall–Kier alpha value is -3.69. The van der Waals surface area contributed by atoms with E-state index in [1.54, 1.807) is 42.5 Å². The number of hydrogen-bond acceptors (Lipinski definition) is 5. The van der Waals surface area contributed by atoms with Gasteiger partial charge in [-0.3, -0.25) is 14.4 Å². The molecule has 0 atom stereocenters. The van der Waals surface area contributed by atoms with Gasteiger partial charge in [0.15, 0.2) is 5.69 Å². The topological polar surface area (TPSA) is 81.5 Å². The largest absolute Gasteiger partial charge is 0.465 e. The van der Waals surface area contributed by atoms with Crippen LogP contribution in [0, 0.1) is 0 Å². The van der Waals surface area contributed by atoms with Gasteiger partial charge in [0.25, 0.3) is 11.5 Å². The Labute approximate surface area is 181 Å². The smallest absolute Gasteiger partial charge is 0.406 e. The summed E-state index contributed by atoms with van der Waals surface area (Å²) in [5.74, 6) is -2.11. The zero-order valence-corrected chi connectivity index (χ0v) is 17.1. The second kappa shape index (κ2) is 9.63. The molecule has 0 N–H and O–H groups in total. The molecule has 10 heteroatoms. The van der Waals surface area contributed by atoms with Gasteiger partial charge in [0, 0.05) is 5.39 Å². The standard InChI is InChI=1S/C22H20F3N3O4/c1-2-32-18(29)13-27(14-22(23,24)25)21(31)19-16-10-6-7-11-17(16)20(30)28(26-19)12-15-8-4-3-5-9-15/h3-11H,2,12-14H2,1H3. The Morgan fingerprint density at radius 2 is 1.66 bits per heavy atom. The zero-order chi connectivity index (χ0) is 23.3. The second-order valence-corrected chi connectivity index (χ2v) is 6.92. The van der Waals surface area contributed by atoms with Crippen molar-refractivity contribution in [1.82, 2.24) is 14.7 Å². The Bertz CT molecular complexity index is 1180. The highest BCUT2D eigenvalue weighted by molar-refractivity contribution is 6.05. The van der Waals surface area contributed by atoms with Gasteiger partial charge in [0.1, 0.15) is 13.1 Å². The second-order valence-electron chi connectivity index (χ2n) is 6.92. The summed E-state index contributed by atoms with van der Waals surface area (Å²) in [5, 5.41) is 4.32. The van der Waals surface area contributed by atoms with Crippen molar-refractivity contribution in [3.05, 3.63) is 76.2 Å². The van der Waals surface area contributed by atoms with Crippen LogP contribution in [0.15, 0.2) is 59.4 Å². The lowest BCUT2D eigenvalue weighted by Gasteiger charge is -2.23. The summed E-state index contributed by atoms with van der Waals surface area (Å²) in [4.78, 5) is 38.2. The van der Waals surface area contributed by atoms with Crippen LogP contribution in [0.2, 0.25) is 0 Å². The van der Waals surface area contributed by atoms with E-state index in [4.69, 9.17) is 4.74 Å². The molecule has 3 aromatic rings. The van der Waals surface area contributed by atoms with Gasteiger partial charge < -0.3 is 9.64 Å². The summed E-state index contributed by atoms with van der Waals surface area (Å²) in [6, 6.07) is 14.8. The molecule has 1 amide bonds. The molecule has 0 saturated carbocycles. The summed E-state index contributed by atoms with van der Waals surface area (Å²) in [6.45, 7) is -1.10. The quantitative estimate of drug-likeness (QED) is 0.520. The van der Waals surface area contributed by atoms with Crippen LogP contribution in [0.25, 0.3) is 10.8 Å². The molecule has 0 bridgehead atoms. The molecule has 7 nitrogen and oxygen atoms in total. The van der Waals surface area contributed by atoms with Crippen molar-refractivity contribution in [2.45, 2.75) is 19.6 Å². The fourth-order valence-corrected chi connectivity index (χ4v) is 3.18. The minimum absolute atomic E-state index is 0.0158. The number of ether oxygens (including phenoxy) is 1. The van der Waals surface area contributed by atoms with Crippen LogP contribution < -0.4 is 5.56 Å². The van der Waals surface area contributed by atoms with Crippen molar-refractivity contribution in [1.29, 1.82) is 0 Å². The fraction of sp³-hybridized carbons (Fsp3) is 0.273. The van der Waals surface area contributed by atoms with E-state index in [0.29, 0.717) is 4.90 Å². The minimum atomic E-state index is -4.75. The summed E-state index contributed by atoms with van der Waals surface area (Å²) in [5.41, 5.74) is -0.132. The molecule has 0 aliphatic rings. The van der Waals surface area contributed by atoms with Crippen molar-refractivity contribution in [3.63, 3.8) is 0 Å². The third-order valence-electron chi connectivity index (χ3n) is 4.53. The van der Waals surface area contributed by atoms with Crippen LogP contribution in [0.5, 0.6) is 0 Å². The van der Waals surface area contributed by atoms with Gasteiger partial charge in [-0.1, -0.05) is 48.5 Å². The molecule has 32 heavy (non-hydrogen) atoms. The van der Waals surface area contributed by atoms with Crippen LogP contribution in [-0.4, -0.2) is 52.4 Å². The zero-order valence-electron chi connectivity index (χ0n) is 17.1. The van der Waals surface area contributed by atoms with E-state index < -0.39 is 36.7 Å². The highest BCUT2D eigenvalue weighted by Crippen LogP contribution is 2.21. The highest BCUT2D eigenvalue weighted by Gasteiger charge is 2.36. The maximum absolute atomic E-state index is 13.1. The summed E-state index contributed by atoms with van der Waals surface area (Å²) in [7, 11) is 0. The maximum atomic E-state index is 13.1. The van der Waals surface area contributed by atoms with Crippen molar-refractivity contribution in [2.24, 2.45) is 0 Å². The molecule has 0 saturated heterocycles. The average Bonchev–Trinajstić information content (AvgIpc) is 2.75. The third-order valence-corrected chi connectivity index (χ3v) is 4.53.